The van der Waals surface area contributed by atoms with Gasteiger partial charge in [-0.15, -0.1) is 0 Å². The van der Waals surface area contributed by atoms with Crippen molar-refractivity contribution in [2.75, 3.05) is 13.2 Å². The Morgan fingerprint density at radius 3 is 1.79 bits per heavy atom. The maximum Gasteiger partial charge on any atom is 0.163 e. The molecule has 0 aromatic heterocycles. The van der Waals surface area contributed by atoms with Crippen molar-refractivity contribution in [3.63, 3.8) is 0 Å². The first-order valence-electron chi connectivity index (χ1n) is 8.17. The molecule has 0 radical (unpaired) electrons. The zero-order valence-corrected chi connectivity index (χ0v) is 14.4. The van der Waals surface area contributed by atoms with Crippen molar-refractivity contribution in [2.24, 2.45) is 0 Å². The van der Waals surface area contributed by atoms with Gasteiger partial charge in [0.1, 0.15) is 6.10 Å². The molecule has 0 amide bonds. The zero-order chi connectivity index (χ0) is 17.3. The van der Waals surface area contributed by atoms with Crippen molar-refractivity contribution in [2.45, 2.75) is 39.0 Å². The molecule has 1 aliphatic rings. The fourth-order valence-corrected chi connectivity index (χ4v) is 2.29. The Morgan fingerprint density at radius 2 is 1.46 bits per heavy atom. The molecule has 130 valence electrons. The Morgan fingerprint density at radius 1 is 0.958 bits per heavy atom. The predicted molar refractivity (Wildman–Crippen MR) is 93.4 cm³/mol. The number of aliphatic hydroxyl groups is 1. The van der Waals surface area contributed by atoms with E-state index < -0.39 is 5.79 Å². The van der Waals surface area contributed by atoms with E-state index in [4.69, 9.17) is 19.3 Å². The standard InChI is InChI=1S/C14H14O.C6H12O3/c1-3-7-13(8-4-1)11-15-12-14-9-5-2-6-10-14;1-6(2)8-4-5(3-7)9-6/h1-10H,11-12H2;5,7H,3-4H2,1-2H3. The molecule has 1 fully saturated rings. The largest absolute Gasteiger partial charge is 0.394 e. The Labute approximate surface area is 144 Å². The van der Waals surface area contributed by atoms with E-state index in [-0.39, 0.29) is 12.7 Å². The topological polar surface area (TPSA) is 47.9 Å². The molecule has 3 rings (SSSR count). The van der Waals surface area contributed by atoms with Crippen LogP contribution in [0, 0.1) is 0 Å². The van der Waals surface area contributed by atoms with Crippen molar-refractivity contribution in [3.8, 4) is 0 Å². The molecule has 1 saturated heterocycles. The van der Waals surface area contributed by atoms with Crippen LogP contribution >= 0.6 is 0 Å². The van der Waals surface area contributed by atoms with Crippen LogP contribution in [0.5, 0.6) is 0 Å². The van der Waals surface area contributed by atoms with Crippen LogP contribution in [-0.2, 0) is 27.4 Å². The summed E-state index contributed by atoms with van der Waals surface area (Å²) in [5.41, 5.74) is 2.43. The molecular formula is C20H26O4. The van der Waals surface area contributed by atoms with E-state index in [0.717, 1.165) is 0 Å². The van der Waals surface area contributed by atoms with E-state index in [9.17, 15) is 0 Å². The van der Waals surface area contributed by atoms with E-state index in [1.54, 1.807) is 0 Å². The molecule has 0 saturated carbocycles. The molecule has 24 heavy (non-hydrogen) atoms. The molecule has 0 spiro atoms. The summed E-state index contributed by atoms with van der Waals surface area (Å²) in [5.74, 6) is -0.493. The molecule has 1 heterocycles. The lowest BCUT2D eigenvalue weighted by Gasteiger charge is -2.15. The van der Waals surface area contributed by atoms with Gasteiger partial charge >= 0.3 is 0 Å². The summed E-state index contributed by atoms with van der Waals surface area (Å²) in [7, 11) is 0. The van der Waals surface area contributed by atoms with E-state index >= 15 is 0 Å². The van der Waals surface area contributed by atoms with Gasteiger partial charge in [-0.3, -0.25) is 0 Å². The number of hydrogen-bond donors (Lipinski definition) is 1. The molecular weight excluding hydrogens is 304 g/mol. The highest BCUT2D eigenvalue weighted by atomic mass is 16.7. The third-order valence-corrected chi connectivity index (χ3v) is 3.49. The van der Waals surface area contributed by atoms with E-state index in [0.29, 0.717) is 19.8 Å². The van der Waals surface area contributed by atoms with Crippen molar-refractivity contribution >= 4 is 0 Å². The molecule has 4 nitrogen and oxygen atoms in total. The summed E-state index contributed by atoms with van der Waals surface area (Å²) < 4.78 is 16.0. The second-order valence-corrected chi connectivity index (χ2v) is 6.10. The molecule has 1 unspecified atom stereocenters. The second-order valence-electron chi connectivity index (χ2n) is 6.10. The van der Waals surface area contributed by atoms with E-state index in [1.807, 2.05) is 50.2 Å². The van der Waals surface area contributed by atoms with E-state index in [2.05, 4.69) is 24.3 Å². The monoisotopic (exact) mass is 330 g/mol. The average Bonchev–Trinajstić information content (AvgIpc) is 2.97. The highest BCUT2D eigenvalue weighted by molar-refractivity contribution is 5.15. The molecule has 0 aliphatic carbocycles. The summed E-state index contributed by atoms with van der Waals surface area (Å²) in [6.45, 7) is 5.57. The number of aliphatic hydroxyl groups excluding tert-OH is 1. The maximum absolute atomic E-state index is 8.59. The lowest BCUT2D eigenvalue weighted by atomic mass is 10.2. The Balaban J connectivity index is 0.000000198. The summed E-state index contributed by atoms with van der Waals surface area (Å²) in [4.78, 5) is 0. The van der Waals surface area contributed by atoms with Crippen LogP contribution in [0.3, 0.4) is 0 Å². The molecule has 4 heteroatoms. The Kier molecular flexibility index (Phi) is 7.40. The minimum absolute atomic E-state index is 0.0451. The Bertz CT molecular complexity index is 529. The third-order valence-electron chi connectivity index (χ3n) is 3.49. The van der Waals surface area contributed by atoms with Gasteiger partial charge in [0, 0.05) is 0 Å². The van der Waals surface area contributed by atoms with Crippen LogP contribution in [0.1, 0.15) is 25.0 Å². The van der Waals surface area contributed by atoms with Crippen LogP contribution in [0.15, 0.2) is 60.7 Å². The van der Waals surface area contributed by atoms with E-state index in [1.165, 1.54) is 11.1 Å². The second kappa shape index (κ2) is 9.55. The number of rotatable bonds is 5. The van der Waals surface area contributed by atoms with Gasteiger partial charge in [-0.25, -0.2) is 0 Å². The van der Waals surface area contributed by atoms with Crippen molar-refractivity contribution in [1.29, 1.82) is 0 Å². The quantitative estimate of drug-likeness (QED) is 0.911. The molecule has 0 bridgehead atoms. The van der Waals surface area contributed by atoms with Gasteiger partial charge in [0.2, 0.25) is 0 Å². The molecule has 2 aromatic rings. The van der Waals surface area contributed by atoms with Crippen LogP contribution in [0.4, 0.5) is 0 Å². The smallest absolute Gasteiger partial charge is 0.163 e. The third kappa shape index (κ3) is 6.81. The molecule has 2 aromatic carbocycles. The number of hydrogen-bond acceptors (Lipinski definition) is 4. The van der Waals surface area contributed by atoms with Gasteiger partial charge in [-0.05, 0) is 25.0 Å². The van der Waals surface area contributed by atoms with Crippen LogP contribution in [-0.4, -0.2) is 30.2 Å². The minimum atomic E-state index is -0.493. The average molecular weight is 330 g/mol. The maximum atomic E-state index is 8.59. The van der Waals surface area contributed by atoms with Gasteiger partial charge in [-0.1, -0.05) is 60.7 Å². The molecule has 1 N–H and O–H groups in total. The minimum Gasteiger partial charge on any atom is -0.394 e. The van der Waals surface area contributed by atoms with Crippen molar-refractivity contribution in [1.82, 2.24) is 0 Å². The first-order chi connectivity index (χ1) is 11.6. The Hall–Kier alpha value is -1.72. The summed E-state index contributed by atoms with van der Waals surface area (Å²) in [5, 5.41) is 8.59. The first-order valence-corrected chi connectivity index (χ1v) is 8.17. The fraction of sp³-hybridized carbons (Fsp3) is 0.400. The summed E-state index contributed by atoms with van der Waals surface area (Å²) in [6, 6.07) is 20.4. The molecule has 1 aliphatic heterocycles. The van der Waals surface area contributed by atoms with Crippen LogP contribution < -0.4 is 0 Å². The number of ether oxygens (including phenoxy) is 3. The van der Waals surface area contributed by atoms with Gasteiger partial charge in [0.15, 0.2) is 5.79 Å². The number of benzene rings is 2. The lowest BCUT2D eigenvalue weighted by Crippen LogP contribution is -2.22. The SMILES string of the molecule is CC1(C)OCC(CO)O1.c1ccc(COCc2ccccc2)cc1. The van der Waals surface area contributed by atoms with Gasteiger partial charge in [-0.2, -0.15) is 0 Å². The fourth-order valence-electron chi connectivity index (χ4n) is 2.29. The first kappa shape index (κ1) is 18.6. The normalized spacial score (nSPS) is 18.7. The van der Waals surface area contributed by atoms with Gasteiger partial charge in [0.05, 0.1) is 26.4 Å². The lowest BCUT2D eigenvalue weighted by molar-refractivity contribution is -0.142. The van der Waals surface area contributed by atoms with Crippen molar-refractivity contribution < 1.29 is 19.3 Å². The van der Waals surface area contributed by atoms with Crippen LogP contribution in [0.2, 0.25) is 0 Å². The highest BCUT2D eigenvalue weighted by Gasteiger charge is 2.31. The predicted octanol–water partition coefficient (Wildman–Crippen LogP) is 3.53. The highest BCUT2D eigenvalue weighted by Crippen LogP contribution is 2.21. The van der Waals surface area contributed by atoms with Gasteiger partial charge < -0.3 is 19.3 Å². The molecule has 1 atom stereocenters. The summed E-state index contributed by atoms with van der Waals surface area (Å²) >= 11 is 0. The van der Waals surface area contributed by atoms with Crippen molar-refractivity contribution in [3.05, 3.63) is 71.8 Å². The van der Waals surface area contributed by atoms with Crippen LogP contribution in [0.25, 0.3) is 0 Å². The zero-order valence-electron chi connectivity index (χ0n) is 14.4. The van der Waals surface area contributed by atoms with Gasteiger partial charge in [0.25, 0.3) is 0 Å². The summed E-state index contributed by atoms with van der Waals surface area (Å²) in [6.07, 6.45) is -0.125.